The molecule has 0 unspecified atom stereocenters. The third-order valence-corrected chi connectivity index (χ3v) is 5.25. The third-order valence-electron chi connectivity index (χ3n) is 5.25. The summed E-state index contributed by atoms with van der Waals surface area (Å²) in [6, 6.07) is 16.8. The van der Waals surface area contributed by atoms with E-state index in [1.165, 1.54) is 29.2 Å². The maximum Gasteiger partial charge on any atom is 0.143 e. The summed E-state index contributed by atoms with van der Waals surface area (Å²) >= 11 is 0. The Labute approximate surface area is 155 Å². The smallest absolute Gasteiger partial charge is 0.143 e. The first-order chi connectivity index (χ1) is 12.8. The fourth-order valence-corrected chi connectivity index (χ4v) is 3.72. The van der Waals surface area contributed by atoms with Gasteiger partial charge in [0.1, 0.15) is 12.4 Å². The standard InChI is InChI=1S/C21H27N3O2/c25-24-14-12-23(13-15-24)20-16-19(22-10-4-5-11-22)8-9-21(20)26-17-18-6-2-1-3-7-18/h1-3,6-9,16,25H,4-5,10-15,17H2. The van der Waals surface area contributed by atoms with Crippen LogP contribution in [0.3, 0.4) is 0 Å². The van der Waals surface area contributed by atoms with Crippen LogP contribution in [0.2, 0.25) is 0 Å². The lowest BCUT2D eigenvalue weighted by molar-refractivity contribution is -0.0936. The van der Waals surface area contributed by atoms with Crippen molar-refractivity contribution in [3.8, 4) is 5.75 Å². The molecular weight excluding hydrogens is 326 g/mol. The molecule has 0 atom stereocenters. The van der Waals surface area contributed by atoms with Gasteiger partial charge in [-0.2, -0.15) is 5.06 Å². The van der Waals surface area contributed by atoms with Gasteiger partial charge in [-0.15, -0.1) is 0 Å². The Hall–Kier alpha value is -2.24. The maximum absolute atomic E-state index is 9.69. The van der Waals surface area contributed by atoms with Crippen molar-refractivity contribution in [3.63, 3.8) is 0 Å². The summed E-state index contributed by atoms with van der Waals surface area (Å²) in [5.74, 6) is 0.920. The van der Waals surface area contributed by atoms with Crippen molar-refractivity contribution in [2.45, 2.75) is 19.4 Å². The zero-order chi connectivity index (χ0) is 17.8. The van der Waals surface area contributed by atoms with Gasteiger partial charge in [0.05, 0.1) is 5.69 Å². The van der Waals surface area contributed by atoms with E-state index >= 15 is 0 Å². The van der Waals surface area contributed by atoms with E-state index in [-0.39, 0.29) is 0 Å². The van der Waals surface area contributed by atoms with Gasteiger partial charge in [0, 0.05) is 45.0 Å². The van der Waals surface area contributed by atoms with Gasteiger partial charge in [0.2, 0.25) is 0 Å². The van der Waals surface area contributed by atoms with Crippen LogP contribution in [-0.4, -0.2) is 49.5 Å². The van der Waals surface area contributed by atoms with Crippen molar-refractivity contribution in [1.29, 1.82) is 0 Å². The van der Waals surface area contributed by atoms with Crippen LogP contribution in [0.25, 0.3) is 0 Å². The number of benzene rings is 2. The number of hydrogen-bond donors (Lipinski definition) is 1. The molecule has 0 spiro atoms. The number of nitrogens with zero attached hydrogens (tertiary/aromatic N) is 3. The van der Waals surface area contributed by atoms with Crippen LogP contribution in [0.15, 0.2) is 48.5 Å². The summed E-state index contributed by atoms with van der Waals surface area (Å²) in [7, 11) is 0. The van der Waals surface area contributed by atoms with Crippen molar-refractivity contribution in [2.75, 3.05) is 49.1 Å². The highest BCUT2D eigenvalue weighted by Gasteiger charge is 2.21. The molecule has 2 heterocycles. The summed E-state index contributed by atoms with van der Waals surface area (Å²) < 4.78 is 6.18. The molecule has 2 aliphatic heterocycles. The lowest BCUT2D eigenvalue weighted by Crippen LogP contribution is -2.45. The number of piperazine rings is 1. The van der Waals surface area contributed by atoms with Gasteiger partial charge in [-0.25, -0.2) is 0 Å². The average Bonchev–Trinajstić information content (AvgIpc) is 3.23. The Balaban J connectivity index is 1.56. The zero-order valence-corrected chi connectivity index (χ0v) is 15.2. The number of hydroxylamine groups is 2. The molecule has 5 nitrogen and oxygen atoms in total. The summed E-state index contributed by atoms with van der Waals surface area (Å²) in [5, 5.41) is 11.1. The van der Waals surface area contributed by atoms with Crippen LogP contribution < -0.4 is 14.5 Å². The fraction of sp³-hybridized carbons (Fsp3) is 0.429. The van der Waals surface area contributed by atoms with Crippen LogP contribution in [-0.2, 0) is 6.61 Å². The van der Waals surface area contributed by atoms with Crippen molar-refractivity contribution in [1.82, 2.24) is 5.06 Å². The predicted octanol–water partition coefficient (Wildman–Crippen LogP) is 3.38. The molecule has 2 aliphatic rings. The highest BCUT2D eigenvalue weighted by atomic mass is 16.5. The van der Waals surface area contributed by atoms with E-state index in [4.69, 9.17) is 4.74 Å². The first kappa shape index (κ1) is 17.2. The van der Waals surface area contributed by atoms with Crippen LogP contribution in [0.4, 0.5) is 11.4 Å². The Bertz CT molecular complexity index is 708. The molecule has 2 fully saturated rings. The molecule has 0 amide bonds. The van der Waals surface area contributed by atoms with Gasteiger partial charge in [-0.3, -0.25) is 0 Å². The molecule has 26 heavy (non-hydrogen) atoms. The molecule has 1 N–H and O–H groups in total. The van der Waals surface area contributed by atoms with E-state index in [2.05, 4.69) is 40.1 Å². The lowest BCUT2D eigenvalue weighted by atomic mass is 10.2. The van der Waals surface area contributed by atoms with Crippen LogP contribution in [0.1, 0.15) is 18.4 Å². The quantitative estimate of drug-likeness (QED) is 0.892. The maximum atomic E-state index is 9.69. The van der Waals surface area contributed by atoms with Crippen molar-refractivity contribution in [2.24, 2.45) is 0 Å². The van der Waals surface area contributed by atoms with Gasteiger partial charge in [0.15, 0.2) is 0 Å². The minimum atomic E-state index is 0.566. The van der Waals surface area contributed by atoms with Gasteiger partial charge >= 0.3 is 0 Å². The molecule has 2 aromatic carbocycles. The SMILES string of the molecule is ON1CCN(c2cc(N3CCCC3)ccc2OCc2ccccc2)CC1. The second-order valence-corrected chi connectivity index (χ2v) is 7.06. The fourth-order valence-electron chi connectivity index (χ4n) is 3.72. The zero-order valence-electron chi connectivity index (χ0n) is 15.2. The van der Waals surface area contributed by atoms with Crippen molar-refractivity contribution in [3.05, 3.63) is 54.1 Å². The van der Waals surface area contributed by atoms with E-state index in [1.807, 2.05) is 18.2 Å². The Morgan fingerprint density at radius 2 is 1.54 bits per heavy atom. The molecule has 2 aromatic rings. The molecule has 0 bridgehead atoms. The van der Waals surface area contributed by atoms with E-state index < -0.39 is 0 Å². The van der Waals surface area contributed by atoms with Gasteiger partial charge < -0.3 is 19.7 Å². The minimum absolute atomic E-state index is 0.566. The predicted molar refractivity (Wildman–Crippen MR) is 104 cm³/mol. The minimum Gasteiger partial charge on any atom is -0.487 e. The molecule has 2 saturated heterocycles. The average molecular weight is 353 g/mol. The molecular formula is C21H27N3O2. The topological polar surface area (TPSA) is 39.2 Å². The summed E-state index contributed by atoms with van der Waals surface area (Å²) in [6.07, 6.45) is 2.54. The van der Waals surface area contributed by atoms with Crippen molar-refractivity contribution < 1.29 is 9.94 Å². The van der Waals surface area contributed by atoms with Crippen molar-refractivity contribution >= 4 is 11.4 Å². The molecule has 0 aliphatic carbocycles. The molecule has 4 rings (SSSR count). The largest absolute Gasteiger partial charge is 0.487 e. The summed E-state index contributed by atoms with van der Waals surface area (Å²) in [5.41, 5.74) is 3.58. The van der Waals surface area contributed by atoms with E-state index in [1.54, 1.807) is 0 Å². The normalized spacial score (nSPS) is 18.3. The highest BCUT2D eigenvalue weighted by Crippen LogP contribution is 2.35. The van der Waals surface area contributed by atoms with E-state index in [0.717, 1.165) is 37.6 Å². The molecule has 138 valence electrons. The first-order valence-electron chi connectivity index (χ1n) is 9.54. The highest BCUT2D eigenvalue weighted by molar-refractivity contribution is 5.67. The van der Waals surface area contributed by atoms with Gasteiger partial charge in [-0.05, 0) is 36.6 Å². The van der Waals surface area contributed by atoms with Crippen LogP contribution >= 0.6 is 0 Å². The Morgan fingerprint density at radius 1 is 0.808 bits per heavy atom. The number of anilines is 2. The number of rotatable bonds is 5. The van der Waals surface area contributed by atoms with Crippen LogP contribution in [0.5, 0.6) is 5.75 Å². The second-order valence-electron chi connectivity index (χ2n) is 7.06. The van der Waals surface area contributed by atoms with E-state index in [0.29, 0.717) is 19.7 Å². The Kier molecular flexibility index (Phi) is 5.27. The monoisotopic (exact) mass is 353 g/mol. The number of ether oxygens (including phenoxy) is 1. The molecule has 0 radical (unpaired) electrons. The Morgan fingerprint density at radius 3 is 2.27 bits per heavy atom. The van der Waals surface area contributed by atoms with Crippen LogP contribution in [0, 0.1) is 0 Å². The lowest BCUT2D eigenvalue weighted by Gasteiger charge is -2.34. The first-order valence-corrected chi connectivity index (χ1v) is 9.54. The summed E-state index contributed by atoms with van der Waals surface area (Å²) in [6.45, 7) is 5.76. The molecule has 0 aromatic heterocycles. The van der Waals surface area contributed by atoms with Gasteiger partial charge in [0.25, 0.3) is 0 Å². The second kappa shape index (κ2) is 7.98. The molecule has 5 heteroatoms. The van der Waals surface area contributed by atoms with Gasteiger partial charge in [-0.1, -0.05) is 30.3 Å². The molecule has 0 saturated carbocycles. The number of hydrogen-bond acceptors (Lipinski definition) is 5. The summed E-state index contributed by atoms with van der Waals surface area (Å²) in [4.78, 5) is 4.78. The van der Waals surface area contributed by atoms with E-state index in [9.17, 15) is 5.21 Å². The third kappa shape index (κ3) is 3.94.